The quantitative estimate of drug-likeness (QED) is 0.202. The number of rotatable bonds is 8. The second-order valence-corrected chi connectivity index (χ2v) is 9.15. The fraction of sp³-hybridized carbons (Fsp3) is 0.143. The molecule has 0 radical (unpaired) electrons. The van der Waals surface area contributed by atoms with Gasteiger partial charge in [-0.1, -0.05) is 53.5 Å². The Bertz CT molecular complexity index is 1520. The number of para-hydroxylation sites is 1. The molecule has 10 heteroatoms. The second kappa shape index (κ2) is 11.8. The number of nitrogens with one attached hydrogen (secondary N) is 2. The van der Waals surface area contributed by atoms with Crippen LogP contribution in [0.3, 0.4) is 0 Å². The molecular formula is C28H24Cl2N6O2. The lowest BCUT2D eigenvalue weighted by Gasteiger charge is -2.18. The van der Waals surface area contributed by atoms with Crippen LogP contribution in [0.25, 0.3) is 0 Å². The van der Waals surface area contributed by atoms with Crippen molar-refractivity contribution in [2.24, 2.45) is 0 Å². The number of nitrogen functional groups attached to an aromatic ring is 1. The van der Waals surface area contributed by atoms with E-state index in [9.17, 15) is 10.1 Å². The first-order valence-corrected chi connectivity index (χ1v) is 12.4. The lowest BCUT2D eigenvalue weighted by Crippen LogP contribution is -2.10. The molecule has 1 atom stereocenters. The Hall–Kier alpha value is -4.32. The van der Waals surface area contributed by atoms with Gasteiger partial charge in [0.15, 0.2) is 11.6 Å². The lowest BCUT2D eigenvalue weighted by molar-refractivity contribution is 0.0527. The number of esters is 1. The highest BCUT2D eigenvalue weighted by Gasteiger charge is 2.20. The zero-order chi connectivity index (χ0) is 27.2. The van der Waals surface area contributed by atoms with Gasteiger partial charge < -0.3 is 21.1 Å². The molecule has 4 rings (SSSR count). The Morgan fingerprint density at radius 1 is 1.05 bits per heavy atom. The highest BCUT2D eigenvalue weighted by molar-refractivity contribution is 6.32. The van der Waals surface area contributed by atoms with Crippen molar-refractivity contribution in [2.45, 2.75) is 19.8 Å². The highest BCUT2D eigenvalue weighted by atomic mass is 35.5. The maximum atomic E-state index is 12.3. The number of hydrogen-bond acceptors (Lipinski definition) is 8. The predicted molar refractivity (Wildman–Crippen MR) is 151 cm³/mol. The fourth-order valence-corrected chi connectivity index (χ4v) is 4.27. The molecule has 4 N–H and O–H groups in total. The molecule has 0 amide bonds. The van der Waals surface area contributed by atoms with Gasteiger partial charge in [-0.25, -0.2) is 14.8 Å². The fourth-order valence-electron chi connectivity index (χ4n) is 3.87. The van der Waals surface area contributed by atoms with Crippen molar-refractivity contribution in [1.29, 1.82) is 5.26 Å². The SMILES string of the molecule is CCOC(=O)c1ccccc1Nc1ncnc(Nc2cc(Cl)c(C(C#N)c3ccc(Cl)cc3)cc2C)c1N. The highest BCUT2D eigenvalue weighted by Crippen LogP contribution is 2.36. The molecule has 38 heavy (non-hydrogen) atoms. The molecule has 1 aromatic heterocycles. The number of benzene rings is 3. The first kappa shape index (κ1) is 26.7. The number of carbonyl (C=O) groups excluding carboxylic acids is 1. The van der Waals surface area contributed by atoms with Gasteiger partial charge in [0.1, 0.15) is 12.0 Å². The van der Waals surface area contributed by atoms with Crippen molar-refractivity contribution in [3.05, 3.63) is 99.3 Å². The van der Waals surface area contributed by atoms with Crippen molar-refractivity contribution in [2.75, 3.05) is 23.0 Å². The van der Waals surface area contributed by atoms with Gasteiger partial charge in [0.25, 0.3) is 0 Å². The van der Waals surface area contributed by atoms with Crippen LogP contribution in [-0.4, -0.2) is 22.5 Å². The Morgan fingerprint density at radius 3 is 2.37 bits per heavy atom. The van der Waals surface area contributed by atoms with Gasteiger partial charge in [-0.2, -0.15) is 5.26 Å². The monoisotopic (exact) mass is 546 g/mol. The zero-order valence-corrected chi connectivity index (χ0v) is 22.1. The number of nitrogens with two attached hydrogens (primary N) is 1. The van der Waals surface area contributed by atoms with E-state index in [2.05, 4.69) is 26.7 Å². The van der Waals surface area contributed by atoms with Gasteiger partial charge in [0.2, 0.25) is 0 Å². The average molecular weight is 547 g/mol. The van der Waals surface area contributed by atoms with Crippen LogP contribution >= 0.6 is 23.2 Å². The van der Waals surface area contributed by atoms with Crippen molar-refractivity contribution in [3.63, 3.8) is 0 Å². The zero-order valence-electron chi connectivity index (χ0n) is 20.6. The van der Waals surface area contributed by atoms with Crippen LogP contribution in [0.2, 0.25) is 10.0 Å². The molecule has 0 aliphatic rings. The molecule has 0 saturated carbocycles. The summed E-state index contributed by atoms with van der Waals surface area (Å²) in [5.74, 6) is -0.363. The standard InChI is InChI=1S/C28H24Cl2N6O2/c1-3-38-28(37)19-6-4-5-7-23(19)35-26-25(32)27(34-15-33-26)36-24-13-22(30)20(12-16(24)2)21(14-31)17-8-10-18(29)11-9-17/h4-13,15,21H,3,32H2,1-2H3,(H2,33,34,35,36). The van der Waals surface area contributed by atoms with Gasteiger partial charge in [-0.05, 0) is 60.9 Å². The van der Waals surface area contributed by atoms with Crippen LogP contribution in [0, 0.1) is 18.3 Å². The maximum Gasteiger partial charge on any atom is 0.340 e. The van der Waals surface area contributed by atoms with E-state index in [1.807, 2.05) is 25.1 Å². The molecule has 0 bridgehead atoms. The van der Waals surface area contributed by atoms with Crippen molar-refractivity contribution < 1.29 is 9.53 Å². The van der Waals surface area contributed by atoms with Crippen LogP contribution in [-0.2, 0) is 4.74 Å². The van der Waals surface area contributed by atoms with Gasteiger partial charge in [0, 0.05) is 15.7 Å². The van der Waals surface area contributed by atoms with Crippen LogP contribution in [0.15, 0.2) is 67.0 Å². The summed E-state index contributed by atoms with van der Waals surface area (Å²) in [4.78, 5) is 20.9. The molecule has 3 aromatic carbocycles. The third kappa shape index (κ3) is 5.80. The van der Waals surface area contributed by atoms with Crippen molar-refractivity contribution in [3.8, 4) is 6.07 Å². The van der Waals surface area contributed by atoms with E-state index >= 15 is 0 Å². The van der Waals surface area contributed by atoms with E-state index < -0.39 is 11.9 Å². The third-order valence-corrected chi connectivity index (χ3v) is 6.38. The summed E-state index contributed by atoms with van der Waals surface area (Å²) in [6.45, 7) is 3.89. The minimum absolute atomic E-state index is 0.238. The summed E-state index contributed by atoms with van der Waals surface area (Å²) < 4.78 is 5.14. The number of nitriles is 1. The van der Waals surface area contributed by atoms with E-state index in [0.717, 1.165) is 11.1 Å². The molecule has 4 aromatic rings. The number of ether oxygens (including phenoxy) is 1. The molecule has 1 unspecified atom stereocenters. The summed E-state index contributed by atoms with van der Waals surface area (Å²) in [5, 5.41) is 17.2. The minimum Gasteiger partial charge on any atom is -0.462 e. The second-order valence-electron chi connectivity index (χ2n) is 8.30. The number of aromatic nitrogens is 2. The van der Waals surface area contributed by atoms with E-state index in [1.54, 1.807) is 49.4 Å². The van der Waals surface area contributed by atoms with E-state index in [4.69, 9.17) is 33.7 Å². The predicted octanol–water partition coefficient (Wildman–Crippen LogP) is 6.99. The molecule has 1 heterocycles. The van der Waals surface area contributed by atoms with Gasteiger partial charge in [0.05, 0.1) is 29.8 Å². The molecule has 8 nitrogen and oxygen atoms in total. The number of aryl methyl sites for hydroxylation is 1. The van der Waals surface area contributed by atoms with Gasteiger partial charge >= 0.3 is 5.97 Å². The summed E-state index contributed by atoms with van der Waals surface area (Å²) in [5.41, 5.74) is 10.4. The molecule has 192 valence electrons. The molecular weight excluding hydrogens is 523 g/mol. The van der Waals surface area contributed by atoms with Crippen molar-refractivity contribution >= 4 is 57.9 Å². The molecule has 0 spiro atoms. The minimum atomic E-state index is -0.563. The van der Waals surface area contributed by atoms with Crippen LogP contribution in [0.4, 0.5) is 28.7 Å². The number of hydrogen-bond donors (Lipinski definition) is 3. The first-order valence-electron chi connectivity index (χ1n) is 11.7. The van der Waals surface area contributed by atoms with E-state index in [1.165, 1.54) is 6.33 Å². The normalized spacial score (nSPS) is 11.3. The summed E-state index contributed by atoms with van der Waals surface area (Å²) in [7, 11) is 0. The number of anilines is 5. The smallest absolute Gasteiger partial charge is 0.340 e. The Kier molecular flexibility index (Phi) is 8.31. The number of halogens is 2. The molecule has 0 fully saturated rings. The van der Waals surface area contributed by atoms with E-state index in [0.29, 0.717) is 44.2 Å². The summed E-state index contributed by atoms with van der Waals surface area (Å²) in [6.07, 6.45) is 1.35. The van der Waals surface area contributed by atoms with Crippen LogP contribution in [0.1, 0.15) is 39.9 Å². The lowest BCUT2D eigenvalue weighted by atomic mass is 9.91. The van der Waals surface area contributed by atoms with E-state index in [-0.39, 0.29) is 12.3 Å². The average Bonchev–Trinajstić information content (AvgIpc) is 2.91. The summed E-state index contributed by atoms with van der Waals surface area (Å²) >= 11 is 12.6. The maximum absolute atomic E-state index is 12.3. The van der Waals surface area contributed by atoms with Gasteiger partial charge in [-0.15, -0.1) is 0 Å². The Balaban J connectivity index is 1.62. The Morgan fingerprint density at radius 2 is 1.71 bits per heavy atom. The van der Waals surface area contributed by atoms with Crippen LogP contribution < -0.4 is 16.4 Å². The third-order valence-electron chi connectivity index (χ3n) is 5.80. The van der Waals surface area contributed by atoms with Gasteiger partial charge in [-0.3, -0.25) is 0 Å². The van der Waals surface area contributed by atoms with Crippen LogP contribution in [0.5, 0.6) is 0 Å². The van der Waals surface area contributed by atoms with Crippen molar-refractivity contribution in [1.82, 2.24) is 9.97 Å². The Labute approximate surface area is 230 Å². The molecule has 0 aliphatic heterocycles. The topological polar surface area (TPSA) is 126 Å². The molecule has 0 aliphatic carbocycles. The first-order chi connectivity index (χ1) is 18.3. The summed E-state index contributed by atoms with van der Waals surface area (Å²) in [6, 6.07) is 19.9. The molecule has 0 saturated heterocycles. The number of carbonyl (C=O) groups is 1. The number of nitrogens with zero attached hydrogens (tertiary/aromatic N) is 3. The largest absolute Gasteiger partial charge is 0.462 e.